The minimum Gasteiger partial charge on any atom is -0.349 e. The summed E-state index contributed by atoms with van der Waals surface area (Å²) in [6.45, 7) is 1.91. The van der Waals surface area contributed by atoms with Crippen molar-refractivity contribution in [1.29, 1.82) is 0 Å². The summed E-state index contributed by atoms with van der Waals surface area (Å²) in [5, 5.41) is 4.81. The minimum absolute atomic E-state index is 0.0375. The average Bonchev–Trinajstić information content (AvgIpc) is 2.84. The first-order chi connectivity index (χ1) is 9.06. The Morgan fingerprint density at radius 2 is 2.26 bits per heavy atom. The lowest BCUT2D eigenvalue weighted by atomic mass is 10.1. The number of nitrogens with one attached hydrogen (secondary N) is 1. The molecule has 0 saturated carbocycles. The van der Waals surface area contributed by atoms with Crippen LogP contribution in [0.2, 0.25) is 0 Å². The third kappa shape index (κ3) is 3.88. The van der Waals surface area contributed by atoms with E-state index in [1.165, 1.54) is 17.0 Å². The molecule has 1 N–H and O–H groups in total. The third-order valence-corrected chi connectivity index (χ3v) is 4.03. The predicted octanol–water partition coefficient (Wildman–Crippen LogP) is 4.01. The average molecular weight is 342 g/mol. The van der Waals surface area contributed by atoms with Gasteiger partial charge in [-0.05, 0) is 36.6 Å². The molecule has 1 amide bonds. The third-order valence-electron chi connectivity index (χ3n) is 2.64. The summed E-state index contributed by atoms with van der Waals surface area (Å²) >= 11 is 4.88. The smallest absolute Gasteiger partial charge is 0.254 e. The second-order valence-corrected chi connectivity index (χ2v) is 6.23. The first kappa shape index (κ1) is 14.2. The first-order valence-corrected chi connectivity index (χ1v) is 7.52. The molecule has 0 spiro atoms. The summed E-state index contributed by atoms with van der Waals surface area (Å²) in [4.78, 5) is 13.2. The molecule has 0 saturated heterocycles. The van der Waals surface area contributed by atoms with Gasteiger partial charge in [0.25, 0.3) is 5.91 Å². The zero-order valence-electron chi connectivity index (χ0n) is 10.3. The number of thiophene rings is 1. The lowest BCUT2D eigenvalue weighted by molar-refractivity contribution is 0.0936. The van der Waals surface area contributed by atoms with E-state index < -0.39 is 5.82 Å². The molecule has 1 heterocycles. The van der Waals surface area contributed by atoms with Crippen LogP contribution in [0, 0.1) is 5.82 Å². The van der Waals surface area contributed by atoms with E-state index in [1.54, 1.807) is 17.4 Å². The Labute approximate surface area is 123 Å². The number of carbonyl (C=O) groups excluding carboxylic acids is 1. The Morgan fingerprint density at radius 3 is 2.95 bits per heavy atom. The van der Waals surface area contributed by atoms with Crippen LogP contribution < -0.4 is 5.32 Å². The monoisotopic (exact) mass is 341 g/mol. The highest BCUT2D eigenvalue weighted by Gasteiger charge is 2.15. The van der Waals surface area contributed by atoms with Gasteiger partial charge in [-0.3, -0.25) is 4.79 Å². The molecule has 100 valence electrons. The van der Waals surface area contributed by atoms with Crippen LogP contribution in [0.1, 0.15) is 22.2 Å². The summed E-state index contributed by atoms with van der Waals surface area (Å²) in [5.74, 6) is -0.896. The van der Waals surface area contributed by atoms with Crippen LogP contribution in [0.15, 0.2) is 40.2 Å². The van der Waals surface area contributed by atoms with Crippen molar-refractivity contribution in [3.05, 3.63) is 56.4 Å². The fraction of sp³-hybridized carbons (Fsp3) is 0.214. The van der Waals surface area contributed by atoms with Gasteiger partial charge >= 0.3 is 0 Å². The van der Waals surface area contributed by atoms with Crippen LogP contribution in [0.25, 0.3) is 0 Å². The van der Waals surface area contributed by atoms with E-state index in [9.17, 15) is 9.18 Å². The summed E-state index contributed by atoms with van der Waals surface area (Å²) in [5.41, 5.74) is 0.0624. The molecule has 1 atom stereocenters. The molecule has 2 nitrogen and oxygen atoms in total. The lowest BCUT2D eigenvalue weighted by Gasteiger charge is -2.13. The van der Waals surface area contributed by atoms with Gasteiger partial charge in [-0.15, -0.1) is 11.3 Å². The Hall–Kier alpha value is -1.20. The van der Waals surface area contributed by atoms with Gasteiger partial charge in [-0.2, -0.15) is 0 Å². The van der Waals surface area contributed by atoms with E-state index in [-0.39, 0.29) is 17.5 Å². The number of rotatable bonds is 4. The molecule has 0 aliphatic carbocycles. The Bertz CT molecular complexity index is 571. The second-order valence-electron chi connectivity index (χ2n) is 4.28. The second kappa shape index (κ2) is 6.30. The number of hydrogen-bond acceptors (Lipinski definition) is 2. The van der Waals surface area contributed by atoms with Crippen molar-refractivity contribution in [3.63, 3.8) is 0 Å². The first-order valence-electron chi connectivity index (χ1n) is 5.84. The maximum atomic E-state index is 13.6. The van der Waals surface area contributed by atoms with Crippen molar-refractivity contribution in [3.8, 4) is 0 Å². The minimum atomic E-state index is -0.510. The van der Waals surface area contributed by atoms with Crippen molar-refractivity contribution < 1.29 is 9.18 Å². The maximum absolute atomic E-state index is 13.6. The maximum Gasteiger partial charge on any atom is 0.254 e. The molecular formula is C14H13BrFNOS. The summed E-state index contributed by atoms with van der Waals surface area (Å²) < 4.78 is 14.3. The molecular weight excluding hydrogens is 329 g/mol. The van der Waals surface area contributed by atoms with Crippen molar-refractivity contribution in [2.45, 2.75) is 19.4 Å². The highest BCUT2D eigenvalue weighted by atomic mass is 79.9. The van der Waals surface area contributed by atoms with Gasteiger partial charge < -0.3 is 5.32 Å². The summed E-state index contributed by atoms with van der Waals surface area (Å²) in [6.07, 6.45) is 0.749. The molecule has 0 radical (unpaired) electrons. The molecule has 1 unspecified atom stereocenters. The molecule has 2 rings (SSSR count). The summed E-state index contributed by atoms with van der Waals surface area (Å²) in [7, 11) is 0. The van der Waals surface area contributed by atoms with Crippen LogP contribution in [-0.4, -0.2) is 11.9 Å². The largest absolute Gasteiger partial charge is 0.349 e. The van der Waals surface area contributed by atoms with E-state index in [1.807, 2.05) is 24.4 Å². The Morgan fingerprint density at radius 1 is 1.47 bits per heavy atom. The van der Waals surface area contributed by atoms with Crippen LogP contribution in [0.4, 0.5) is 4.39 Å². The predicted molar refractivity (Wildman–Crippen MR) is 79.1 cm³/mol. The lowest BCUT2D eigenvalue weighted by Crippen LogP contribution is -2.34. The van der Waals surface area contributed by atoms with E-state index in [4.69, 9.17) is 0 Å². The standard InChI is InChI=1S/C14H13BrFNOS/c1-9(7-11-3-2-6-19-11)17-14(18)12-8-10(15)4-5-13(12)16/h2-6,8-9H,7H2,1H3,(H,17,18). The number of benzene rings is 1. The van der Waals surface area contributed by atoms with Gasteiger partial charge in [0.05, 0.1) is 5.56 Å². The molecule has 0 aliphatic rings. The van der Waals surface area contributed by atoms with Gasteiger partial charge in [-0.25, -0.2) is 4.39 Å². The van der Waals surface area contributed by atoms with Crippen LogP contribution in [-0.2, 0) is 6.42 Å². The molecule has 1 aromatic heterocycles. The number of halogens is 2. The Kier molecular flexibility index (Phi) is 4.71. The van der Waals surface area contributed by atoms with E-state index in [0.29, 0.717) is 4.47 Å². The SMILES string of the molecule is CC(Cc1cccs1)NC(=O)c1cc(Br)ccc1F. The molecule has 19 heavy (non-hydrogen) atoms. The normalized spacial score (nSPS) is 12.2. The van der Waals surface area contributed by atoms with Crippen molar-refractivity contribution >= 4 is 33.2 Å². The summed E-state index contributed by atoms with van der Waals surface area (Å²) in [6, 6.07) is 8.30. The van der Waals surface area contributed by atoms with Crippen LogP contribution >= 0.6 is 27.3 Å². The molecule has 0 bridgehead atoms. The van der Waals surface area contributed by atoms with Crippen molar-refractivity contribution in [2.75, 3.05) is 0 Å². The van der Waals surface area contributed by atoms with Gasteiger partial charge in [0, 0.05) is 21.8 Å². The molecule has 2 aromatic rings. The van der Waals surface area contributed by atoms with E-state index in [2.05, 4.69) is 21.2 Å². The van der Waals surface area contributed by atoms with Gasteiger partial charge in [0.1, 0.15) is 5.82 Å². The van der Waals surface area contributed by atoms with Crippen LogP contribution in [0.3, 0.4) is 0 Å². The van der Waals surface area contributed by atoms with Crippen molar-refractivity contribution in [2.24, 2.45) is 0 Å². The number of hydrogen-bond donors (Lipinski definition) is 1. The molecule has 0 fully saturated rings. The quantitative estimate of drug-likeness (QED) is 0.894. The topological polar surface area (TPSA) is 29.1 Å². The van der Waals surface area contributed by atoms with E-state index >= 15 is 0 Å². The van der Waals surface area contributed by atoms with E-state index in [0.717, 1.165) is 6.42 Å². The van der Waals surface area contributed by atoms with Gasteiger partial charge in [-0.1, -0.05) is 22.0 Å². The highest BCUT2D eigenvalue weighted by Crippen LogP contribution is 2.16. The zero-order valence-corrected chi connectivity index (χ0v) is 12.7. The van der Waals surface area contributed by atoms with Crippen molar-refractivity contribution in [1.82, 2.24) is 5.32 Å². The fourth-order valence-electron chi connectivity index (χ4n) is 1.75. The Balaban J connectivity index is 2.02. The number of amides is 1. The van der Waals surface area contributed by atoms with Crippen LogP contribution in [0.5, 0.6) is 0 Å². The zero-order chi connectivity index (χ0) is 13.8. The fourth-order valence-corrected chi connectivity index (χ4v) is 2.95. The highest BCUT2D eigenvalue weighted by molar-refractivity contribution is 9.10. The van der Waals surface area contributed by atoms with Gasteiger partial charge in [0.15, 0.2) is 0 Å². The number of carbonyl (C=O) groups is 1. The molecule has 0 aliphatic heterocycles. The van der Waals surface area contributed by atoms with Gasteiger partial charge in [0.2, 0.25) is 0 Å². The molecule has 5 heteroatoms. The molecule has 1 aromatic carbocycles.